The Hall–Kier alpha value is -1.51. The molecule has 1 saturated carbocycles. The van der Waals surface area contributed by atoms with Gasteiger partial charge in [-0.15, -0.1) is 0 Å². The number of nitrogens with one attached hydrogen (secondary N) is 2. The van der Waals surface area contributed by atoms with Crippen LogP contribution < -0.4 is 10.6 Å². The van der Waals surface area contributed by atoms with Gasteiger partial charge in [-0.2, -0.15) is 0 Å². The quantitative estimate of drug-likeness (QED) is 0.886. The lowest BCUT2D eigenvalue weighted by atomic mass is 9.84. The van der Waals surface area contributed by atoms with Crippen LogP contribution in [0.25, 0.3) is 0 Å². The zero-order valence-corrected chi connectivity index (χ0v) is 12.2. The second-order valence-electron chi connectivity index (χ2n) is 6.22. The van der Waals surface area contributed by atoms with Crippen molar-refractivity contribution in [1.29, 1.82) is 0 Å². The standard InChI is InChI=1S/C17H24N2O/c1-12(13-7-3-2-4-8-13)19-17(20)15-11-18-16-10-6-5-9-14(15)16/h5-6,9-10,12-13,15,18H,2-4,7-8,11H2,1H3,(H,19,20). The van der Waals surface area contributed by atoms with Crippen molar-refractivity contribution in [1.82, 2.24) is 5.32 Å². The van der Waals surface area contributed by atoms with Gasteiger partial charge in [0, 0.05) is 18.3 Å². The van der Waals surface area contributed by atoms with Gasteiger partial charge in [-0.25, -0.2) is 0 Å². The van der Waals surface area contributed by atoms with Crippen LogP contribution in [-0.2, 0) is 4.79 Å². The van der Waals surface area contributed by atoms with Crippen molar-refractivity contribution in [3.05, 3.63) is 29.8 Å². The first-order chi connectivity index (χ1) is 9.75. The van der Waals surface area contributed by atoms with Gasteiger partial charge in [0.05, 0.1) is 5.92 Å². The smallest absolute Gasteiger partial charge is 0.229 e. The van der Waals surface area contributed by atoms with Crippen molar-refractivity contribution < 1.29 is 4.79 Å². The van der Waals surface area contributed by atoms with E-state index in [0.29, 0.717) is 12.0 Å². The average Bonchev–Trinajstić information content (AvgIpc) is 2.92. The number of benzene rings is 1. The van der Waals surface area contributed by atoms with Crippen LogP contribution in [-0.4, -0.2) is 18.5 Å². The zero-order chi connectivity index (χ0) is 13.9. The fourth-order valence-corrected chi connectivity index (χ4v) is 3.59. The summed E-state index contributed by atoms with van der Waals surface area (Å²) in [6.45, 7) is 2.89. The number of hydrogen-bond acceptors (Lipinski definition) is 2. The van der Waals surface area contributed by atoms with E-state index in [0.717, 1.165) is 17.8 Å². The van der Waals surface area contributed by atoms with Gasteiger partial charge in [-0.1, -0.05) is 37.5 Å². The van der Waals surface area contributed by atoms with Gasteiger partial charge < -0.3 is 10.6 Å². The molecular formula is C17H24N2O. The van der Waals surface area contributed by atoms with E-state index >= 15 is 0 Å². The highest BCUT2D eigenvalue weighted by molar-refractivity contribution is 5.88. The third-order valence-corrected chi connectivity index (χ3v) is 4.88. The number of fused-ring (bicyclic) bond motifs is 1. The normalized spacial score (nSPS) is 23.8. The molecule has 2 atom stereocenters. The molecule has 3 nitrogen and oxygen atoms in total. The fraction of sp³-hybridized carbons (Fsp3) is 0.588. The average molecular weight is 272 g/mol. The summed E-state index contributed by atoms with van der Waals surface area (Å²) in [5, 5.41) is 6.58. The second-order valence-corrected chi connectivity index (χ2v) is 6.22. The van der Waals surface area contributed by atoms with Crippen LogP contribution in [0.3, 0.4) is 0 Å². The van der Waals surface area contributed by atoms with Crippen LogP contribution in [0.4, 0.5) is 5.69 Å². The first-order valence-electron chi connectivity index (χ1n) is 7.89. The summed E-state index contributed by atoms with van der Waals surface area (Å²) in [6, 6.07) is 8.43. The van der Waals surface area contributed by atoms with Gasteiger partial charge in [0.15, 0.2) is 0 Å². The van der Waals surface area contributed by atoms with Gasteiger partial charge in [-0.05, 0) is 37.3 Å². The van der Waals surface area contributed by atoms with Crippen molar-refractivity contribution in [2.24, 2.45) is 5.92 Å². The number of rotatable bonds is 3. The monoisotopic (exact) mass is 272 g/mol. The topological polar surface area (TPSA) is 41.1 Å². The highest BCUT2D eigenvalue weighted by Crippen LogP contribution is 2.32. The van der Waals surface area contributed by atoms with Crippen molar-refractivity contribution in [3.8, 4) is 0 Å². The zero-order valence-electron chi connectivity index (χ0n) is 12.2. The molecule has 2 unspecified atom stereocenters. The number of carbonyl (C=O) groups is 1. The molecule has 1 amide bonds. The Morgan fingerprint density at radius 2 is 2.00 bits per heavy atom. The maximum Gasteiger partial charge on any atom is 0.229 e. The maximum atomic E-state index is 12.5. The number of para-hydroxylation sites is 1. The lowest BCUT2D eigenvalue weighted by Crippen LogP contribution is -2.41. The third-order valence-electron chi connectivity index (χ3n) is 4.88. The molecule has 20 heavy (non-hydrogen) atoms. The molecule has 1 aliphatic heterocycles. The van der Waals surface area contributed by atoms with E-state index in [1.54, 1.807) is 0 Å². The summed E-state index contributed by atoms with van der Waals surface area (Å²) in [7, 11) is 0. The molecule has 1 aromatic rings. The van der Waals surface area contributed by atoms with Crippen molar-refractivity contribution in [2.45, 2.75) is 51.0 Å². The minimum absolute atomic E-state index is 0.0303. The van der Waals surface area contributed by atoms with E-state index in [1.165, 1.54) is 32.1 Å². The Morgan fingerprint density at radius 1 is 1.25 bits per heavy atom. The molecule has 1 heterocycles. The van der Waals surface area contributed by atoms with E-state index in [4.69, 9.17) is 0 Å². The van der Waals surface area contributed by atoms with Crippen molar-refractivity contribution in [3.63, 3.8) is 0 Å². The Labute approximate surface area is 121 Å². The lowest BCUT2D eigenvalue weighted by Gasteiger charge is -2.29. The van der Waals surface area contributed by atoms with E-state index in [-0.39, 0.29) is 11.8 Å². The molecule has 0 spiro atoms. The highest BCUT2D eigenvalue weighted by atomic mass is 16.2. The SMILES string of the molecule is CC(NC(=O)C1CNc2ccccc21)C1CCCCC1. The Kier molecular flexibility index (Phi) is 3.95. The van der Waals surface area contributed by atoms with E-state index in [2.05, 4.69) is 23.6 Å². The maximum absolute atomic E-state index is 12.5. The van der Waals surface area contributed by atoms with Crippen LogP contribution in [0.15, 0.2) is 24.3 Å². The molecule has 2 N–H and O–H groups in total. The summed E-state index contributed by atoms with van der Waals surface area (Å²) in [5.41, 5.74) is 2.25. The van der Waals surface area contributed by atoms with Crippen LogP contribution >= 0.6 is 0 Å². The first kappa shape index (κ1) is 13.5. The molecule has 0 aromatic heterocycles. The van der Waals surface area contributed by atoms with Crippen LogP contribution in [0.1, 0.15) is 50.5 Å². The number of carbonyl (C=O) groups excluding carboxylic acids is 1. The minimum Gasteiger partial charge on any atom is -0.384 e. The van der Waals surface area contributed by atoms with Crippen LogP contribution in [0.5, 0.6) is 0 Å². The molecular weight excluding hydrogens is 248 g/mol. The van der Waals surface area contributed by atoms with Crippen molar-refractivity contribution >= 4 is 11.6 Å². The molecule has 0 radical (unpaired) electrons. The van der Waals surface area contributed by atoms with E-state index < -0.39 is 0 Å². The summed E-state index contributed by atoms with van der Waals surface area (Å²) in [6.07, 6.45) is 6.52. The molecule has 0 saturated heterocycles. The summed E-state index contributed by atoms with van der Waals surface area (Å²) >= 11 is 0. The molecule has 1 aromatic carbocycles. The first-order valence-corrected chi connectivity index (χ1v) is 7.89. The summed E-state index contributed by atoms with van der Waals surface area (Å²) in [4.78, 5) is 12.5. The molecule has 1 aliphatic carbocycles. The van der Waals surface area contributed by atoms with Gasteiger partial charge in [0.25, 0.3) is 0 Å². The third kappa shape index (κ3) is 2.67. The molecule has 2 aliphatic rings. The van der Waals surface area contributed by atoms with E-state index in [1.807, 2.05) is 18.2 Å². The van der Waals surface area contributed by atoms with Crippen molar-refractivity contribution in [2.75, 3.05) is 11.9 Å². The highest BCUT2D eigenvalue weighted by Gasteiger charge is 2.30. The van der Waals surface area contributed by atoms with Crippen LogP contribution in [0, 0.1) is 5.92 Å². The largest absolute Gasteiger partial charge is 0.384 e. The molecule has 0 bridgehead atoms. The number of hydrogen-bond donors (Lipinski definition) is 2. The van der Waals surface area contributed by atoms with Gasteiger partial charge in [0.2, 0.25) is 5.91 Å². The van der Waals surface area contributed by atoms with E-state index in [9.17, 15) is 4.79 Å². The van der Waals surface area contributed by atoms with Gasteiger partial charge in [-0.3, -0.25) is 4.79 Å². The molecule has 3 rings (SSSR count). The Morgan fingerprint density at radius 3 is 2.80 bits per heavy atom. The summed E-state index contributed by atoms with van der Waals surface area (Å²) in [5.74, 6) is 0.815. The van der Waals surface area contributed by atoms with Crippen LogP contribution in [0.2, 0.25) is 0 Å². The lowest BCUT2D eigenvalue weighted by molar-refractivity contribution is -0.123. The number of anilines is 1. The Balaban J connectivity index is 1.62. The Bertz CT molecular complexity index is 480. The molecule has 1 fully saturated rings. The predicted molar refractivity (Wildman–Crippen MR) is 81.9 cm³/mol. The predicted octanol–water partition coefficient (Wildman–Crippen LogP) is 3.28. The summed E-state index contributed by atoms with van der Waals surface area (Å²) < 4.78 is 0. The van der Waals surface area contributed by atoms with Gasteiger partial charge >= 0.3 is 0 Å². The minimum atomic E-state index is -0.0303. The number of amides is 1. The molecule has 108 valence electrons. The second kappa shape index (κ2) is 5.86. The van der Waals surface area contributed by atoms with Gasteiger partial charge in [0.1, 0.15) is 0 Å². The fourth-order valence-electron chi connectivity index (χ4n) is 3.59. The molecule has 3 heteroatoms.